The van der Waals surface area contributed by atoms with Gasteiger partial charge in [0.25, 0.3) is 0 Å². The van der Waals surface area contributed by atoms with E-state index in [0.29, 0.717) is 0 Å². The van der Waals surface area contributed by atoms with Gasteiger partial charge in [0.05, 0.1) is 5.56 Å². The Bertz CT molecular complexity index is 1230. The van der Waals surface area contributed by atoms with Gasteiger partial charge in [-0.25, -0.2) is 0 Å². The maximum absolute atomic E-state index is 13.3. The number of ketones is 1. The van der Waals surface area contributed by atoms with Crippen molar-refractivity contribution in [3.8, 4) is 28.6 Å². The van der Waals surface area contributed by atoms with Gasteiger partial charge in [-0.15, -0.1) is 6.58 Å². The molecule has 1 aromatic heterocycles. The Kier molecular flexibility index (Phi) is 4.85. The Balaban J connectivity index is 1.69. The van der Waals surface area contributed by atoms with Crippen molar-refractivity contribution in [2.75, 3.05) is 0 Å². The summed E-state index contributed by atoms with van der Waals surface area (Å²) in [7, 11) is 0. The second-order valence-electron chi connectivity index (χ2n) is 6.77. The summed E-state index contributed by atoms with van der Waals surface area (Å²) in [5, 5.41) is 20.4. The molecule has 0 fully saturated rings. The van der Waals surface area contributed by atoms with Crippen LogP contribution < -0.4 is 4.74 Å². The number of allylic oxidation sites excluding steroid dienone is 2. The lowest BCUT2D eigenvalue weighted by molar-refractivity contribution is -0.137. The fourth-order valence-corrected chi connectivity index (χ4v) is 3.35. The zero-order chi connectivity index (χ0) is 22.3. The van der Waals surface area contributed by atoms with Crippen molar-refractivity contribution in [3.63, 3.8) is 0 Å². The largest absolute Gasteiger partial charge is 0.507 e. The smallest absolute Gasteiger partial charge is 0.417 e. The van der Waals surface area contributed by atoms with Crippen LogP contribution in [0.25, 0.3) is 17.4 Å². The van der Waals surface area contributed by atoms with Crippen molar-refractivity contribution in [3.05, 3.63) is 83.3 Å². The molecule has 0 saturated heterocycles. The van der Waals surface area contributed by atoms with Crippen LogP contribution in [0.5, 0.6) is 17.2 Å². The molecule has 0 radical (unpaired) electrons. The molecule has 0 unspecified atom stereocenters. The summed E-state index contributed by atoms with van der Waals surface area (Å²) in [6.07, 6.45) is -1.75. The highest BCUT2D eigenvalue weighted by atomic mass is 19.4. The third kappa shape index (κ3) is 3.56. The number of hydrogen-bond acceptors (Lipinski definition) is 5. The van der Waals surface area contributed by atoms with E-state index < -0.39 is 23.3 Å². The van der Waals surface area contributed by atoms with Crippen molar-refractivity contribution in [2.24, 2.45) is 0 Å². The van der Waals surface area contributed by atoms with Crippen LogP contribution >= 0.6 is 0 Å². The molecule has 5 nitrogen and oxygen atoms in total. The first kappa shape index (κ1) is 20.3. The number of halogens is 3. The minimum Gasteiger partial charge on any atom is -0.507 e. The normalized spacial score (nSPS) is 14.5. The maximum atomic E-state index is 13.3. The highest BCUT2D eigenvalue weighted by molar-refractivity contribution is 6.16. The quantitative estimate of drug-likeness (QED) is 0.410. The summed E-state index contributed by atoms with van der Waals surface area (Å²) in [5.74, 6) is -1.50. The molecule has 2 aromatic carbocycles. The van der Waals surface area contributed by atoms with Crippen LogP contribution in [0.3, 0.4) is 0 Å². The van der Waals surface area contributed by atoms with E-state index >= 15 is 0 Å². The average molecular weight is 428 g/mol. The number of ether oxygens (including phenoxy) is 1. The van der Waals surface area contributed by atoms with E-state index in [-0.39, 0.29) is 51.9 Å². The Morgan fingerprint density at radius 1 is 1.10 bits per heavy atom. The predicted molar refractivity (Wildman–Crippen MR) is 106 cm³/mol. The minimum atomic E-state index is -4.56. The van der Waals surface area contributed by atoms with Crippen molar-refractivity contribution >= 4 is 11.9 Å². The van der Waals surface area contributed by atoms with Crippen molar-refractivity contribution in [1.82, 2.24) is 0 Å². The molecule has 1 aliphatic rings. The maximum Gasteiger partial charge on any atom is 0.417 e. The highest BCUT2D eigenvalue weighted by Gasteiger charge is 2.35. The van der Waals surface area contributed by atoms with Gasteiger partial charge in [0.2, 0.25) is 5.78 Å². The first-order valence-corrected chi connectivity index (χ1v) is 9.10. The van der Waals surface area contributed by atoms with E-state index in [1.807, 2.05) is 0 Å². The molecule has 31 heavy (non-hydrogen) atoms. The van der Waals surface area contributed by atoms with Crippen molar-refractivity contribution in [2.45, 2.75) is 12.6 Å². The van der Waals surface area contributed by atoms with E-state index in [4.69, 9.17) is 9.15 Å². The van der Waals surface area contributed by atoms with Crippen molar-refractivity contribution < 1.29 is 37.3 Å². The number of carbonyl (C=O) groups excluding carboxylic acids is 1. The fraction of sp³-hybridized carbons (Fsp3) is 0.0870. The predicted octanol–water partition coefficient (Wildman–Crippen LogP) is 5.72. The number of phenols is 2. The van der Waals surface area contributed by atoms with Gasteiger partial charge in [-0.05, 0) is 24.6 Å². The molecule has 0 amide bonds. The van der Waals surface area contributed by atoms with Crippen LogP contribution in [0.4, 0.5) is 13.2 Å². The van der Waals surface area contributed by atoms with E-state index in [1.165, 1.54) is 48.6 Å². The number of carbonyl (C=O) groups is 1. The summed E-state index contributed by atoms with van der Waals surface area (Å²) in [6.45, 7) is 3.54. The molecular weight excluding hydrogens is 413 g/mol. The number of hydrogen-bond donors (Lipinski definition) is 2. The molecule has 0 bridgehead atoms. The molecule has 8 heteroatoms. The van der Waals surface area contributed by atoms with E-state index in [9.17, 15) is 28.2 Å². The zero-order valence-corrected chi connectivity index (χ0v) is 15.9. The third-order valence-electron chi connectivity index (χ3n) is 4.76. The molecule has 0 saturated carbocycles. The lowest BCUT2D eigenvalue weighted by Crippen LogP contribution is -2.06. The molecular formula is C23H15F3O5. The number of fused-ring (bicyclic) bond motifs is 1. The highest BCUT2D eigenvalue weighted by Crippen LogP contribution is 2.44. The SMILES string of the molecule is C=CCc1c(O)cc2c(c1O)C(=O)C(=Cc1ccc(-c3ccccc3C(F)(F)F)o1)O2. The standard InChI is InChI=1S/C23H15F3O5/c1-2-5-14-16(27)11-18-20(21(14)28)22(29)19(31-18)10-12-8-9-17(30-12)13-6-3-4-7-15(13)23(24,25)26/h2-4,6-11,27-28H,1,5H2. The van der Waals surface area contributed by atoms with E-state index in [0.717, 1.165) is 6.07 Å². The molecule has 3 aromatic rings. The summed E-state index contributed by atoms with van der Waals surface area (Å²) in [5.41, 5.74) is -0.969. The number of Topliss-reactive ketones (excluding diaryl/α,β-unsaturated/α-hetero) is 1. The number of phenolic OH excluding ortho intramolecular Hbond substituents is 2. The molecule has 4 rings (SSSR count). The van der Waals surface area contributed by atoms with E-state index in [1.54, 1.807) is 0 Å². The topological polar surface area (TPSA) is 79.9 Å². The average Bonchev–Trinajstić information content (AvgIpc) is 3.29. The lowest BCUT2D eigenvalue weighted by Gasteiger charge is -2.10. The Hall–Kier alpha value is -3.94. The van der Waals surface area contributed by atoms with Gasteiger partial charge in [-0.2, -0.15) is 13.2 Å². The molecule has 2 N–H and O–H groups in total. The summed E-state index contributed by atoms with van der Waals surface area (Å²) < 4.78 is 50.7. The van der Waals surface area contributed by atoms with Gasteiger partial charge >= 0.3 is 6.18 Å². The second-order valence-corrected chi connectivity index (χ2v) is 6.77. The molecule has 2 heterocycles. The number of alkyl halides is 3. The molecule has 1 aliphatic heterocycles. The number of aromatic hydroxyl groups is 2. The Labute approximate surface area is 174 Å². The van der Waals surface area contributed by atoms with Crippen LogP contribution in [-0.2, 0) is 12.6 Å². The van der Waals surface area contributed by atoms with Gasteiger partial charge < -0.3 is 19.4 Å². The number of rotatable bonds is 4. The Morgan fingerprint density at radius 3 is 2.55 bits per heavy atom. The van der Waals surface area contributed by atoms with Crippen molar-refractivity contribution in [1.29, 1.82) is 0 Å². The first-order chi connectivity index (χ1) is 14.7. The minimum absolute atomic E-state index is 0.0310. The fourth-order valence-electron chi connectivity index (χ4n) is 3.35. The summed E-state index contributed by atoms with van der Waals surface area (Å²) in [6, 6.07) is 8.94. The molecule has 158 valence electrons. The van der Waals surface area contributed by atoms with Crippen LogP contribution in [0.1, 0.15) is 27.2 Å². The Morgan fingerprint density at radius 2 is 1.84 bits per heavy atom. The van der Waals surface area contributed by atoms with E-state index in [2.05, 4.69) is 6.58 Å². The molecule has 0 atom stereocenters. The second kappa shape index (κ2) is 7.39. The lowest BCUT2D eigenvalue weighted by atomic mass is 10.0. The van der Waals surface area contributed by atoms with Crippen LogP contribution in [0.15, 0.2) is 65.3 Å². The monoisotopic (exact) mass is 428 g/mol. The number of benzene rings is 2. The van der Waals surface area contributed by atoms with Gasteiger partial charge in [-0.1, -0.05) is 24.3 Å². The zero-order valence-electron chi connectivity index (χ0n) is 15.9. The van der Waals surface area contributed by atoms with Gasteiger partial charge in [-0.3, -0.25) is 4.79 Å². The van der Waals surface area contributed by atoms with Crippen LogP contribution in [0, 0.1) is 0 Å². The summed E-state index contributed by atoms with van der Waals surface area (Å²) in [4.78, 5) is 12.7. The molecule has 0 aliphatic carbocycles. The van der Waals surface area contributed by atoms with Gasteiger partial charge in [0.1, 0.15) is 34.3 Å². The summed E-state index contributed by atoms with van der Waals surface area (Å²) >= 11 is 0. The van der Waals surface area contributed by atoms with Crippen LogP contribution in [0.2, 0.25) is 0 Å². The first-order valence-electron chi connectivity index (χ1n) is 9.10. The number of furan rings is 1. The van der Waals surface area contributed by atoms with Gasteiger partial charge in [0, 0.05) is 23.3 Å². The molecule has 0 spiro atoms. The van der Waals surface area contributed by atoms with Gasteiger partial charge in [0.15, 0.2) is 5.76 Å². The van der Waals surface area contributed by atoms with Crippen LogP contribution in [-0.4, -0.2) is 16.0 Å². The third-order valence-corrected chi connectivity index (χ3v) is 4.76.